The number of aromatic nitrogens is 4. The summed E-state index contributed by atoms with van der Waals surface area (Å²) in [5, 5.41) is 12.6. The van der Waals surface area contributed by atoms with E-state index in [9.17, 15) is 5.26 Å². The van der Waals surface area contributed by atoms with Gasteiger partial charge in [0.2, 0.25) is 0 Å². The molecule has 0 saturated carbocycles. The van der Waals surface area contributed by atoms with E-state index in [0.29, 0.717) is 12.1 Å². The fourth-order valence-electron chi connectivity index (χ4n) is 2.38. The molecule has 0 spiro atoms. The fourth-order valence-corrected chi connectivity index (χ4v) is 2.38. The minimum atomic E-state index is 0.582. The third-order valence-electron chi connectivity index (χ3n) is 3.50. The fraction of sp³-hybridized carbons (Fsp3) is 0.176. The first-order valence-corrected chi connectivity index (χ1v) is 7.23. The second kappa shape index (κ2) is 6.28. The number of nitriles is 1. The molecule has 0 aromatic carbocycles. The van der Waals surface area contributed by atoms with E-state index in [-0.39, 0.29) is 0 Å². The van der Waals surface area contributed by atoms with Crippen molar-refractivity contribution in [1.29, 1.82) is 5.26 Å². The van der Waals surface area contributed by atoms with Crippen LogP contribution in [0.15, 0.2) is 43.1 Å². The van der Waals surface area contributed by atoms with Gasteiger partial charge in [-0.2, -0.15) is 5.26 Å². The number of aryl methyl sites for hydroxylation is 2. The third-order valence-corrected chi connectivity index (χ3v) is 3.50. The second-order valence-corrected chi connectivity index (χ2v) is 5.23. The average Bonchev–Trinajstić information content (AvgIpc) is 3.07. The van der Waals surface area contributed by atoms with Crippen molar-refractivity contribution in [1.82, 2.24) is 19.5 Å². The Balaban J connectivity index is 1.75. The molecule has 0 aliphatic heterocycles. The molecule has 0 aliphatic carbocycles. The average molecular weight is 304 g/mol. The summed E-state index contributed by atoms with van der Waals surface area (Å²) >= 11 is 0. The smallest absolute Gasteiger partial charge is 0.137 e. The number of hydrogen-bond acceptors (Lipinski definition) is 5. The maximum absolute atomic E-state index is 9.28. The van der Waals surface area contributed by atoms with Gasteiger partial charge in [0.05, 0.1) is 16.9 Å². The Morgan fingerprint density at radius 2 is 2.17 bits per heavy atom. The number of rotatable bonds is 4. The topological polar surface area (TPSA) is 79.4 Å². The summed E-state index contributed by atoms with van der Waals surface area (Å²) in [6, 6.07) is 8.03. The molecule has 0 amide bonds. The van der Waals surface area contributed by atoms with Crippen LogP contribution in [0, 0.1) is 25.2 Å². The largest absolute Gasteiger partial charge is 0.380 e. The summed E-state index contributed by atoms with van der Waals surface area (Å²) in [6.07, 6.45) is 7.09. The van der Waals surface area contributed by atoms with E-state index in [4.69, 9.17) is 0 Å². The monoisotopic (exact) mass is 304 g/mol. The van der Waals surface area contributed by atoms with Gasteiger partial charge >= 0.3 is 0 Å². The minimum Gasteiger partial charge on any atom is -0.380 e. The molecule has 0 unspecified atom stereocenters. The van der Waals surface area contributed by atoms with E-state index in [0.717, 1.165) is 28.5 Å². The van der Waals surface area contributed by atoms with Gasteiger partial charge in [0.15, 0.2) is 0 Å². The Bertz CT molecular complexity index is 844. The Labute approximate surface area is 134 Å². The van der Waals surface area contributed by atoms with Gasteiger partial charge in [-0.25, -0.2) is 9.97 Å². The van der Waals surface area contributed by atoms with Gasteiger partial charge in [0.25, 0.3) is 0 Å². The van der Waals surface area contributed by atoms with Crippen LogP contribution in [0.3, 0.4) is 0 Å². The summed E-state index contributed by atoms with van der Waals surface area (Å²) < 4.78 is 1.85. The summed E-state index contributed by atoms with van der Waals surface area (Å²) in [4.78, 5) is 12.7. The van der Waals surface area contributed by atoms with Gasteiger partial charge < -0.3 is 5.32 Å². The van der Waals surface area contributed by atoms with Crippen molar-refractivity contribution in [2.45, 2.75) is 20.4 Å². The van der Waals surface area contributed by atoms with Crippen molar-refractivity contribution in [2.24, 2.45) is 0 Å². The molecule has 1 N–H and O–H groups in total. The molecule has 3 heterocycles. The molecule has 0 fully saturated rings. The highest BCUT2D eigenvalue weighted by molar-refractivity contribution is 5.59. The van der Waals surface area contributed by atoms with E-state index in [1.54, 1.807) is 12.5 Å². The molecule has 0 saturated heterocycles. The Morgan fingerprint density at radius 1 is 1.30 bits per heavy atom. The van der Waals surface area contributed by atoms with Crippen LogP contribution in [0.2, 0.25) is 0 Å². The molecular weight excluding hydrogens is 288 g/mol. The Kier molecular flexibility index (Phi) is 4.02. The lowest BCUT2D eigenvalue weighted by Gasteiger charge is -2.11. The highest BCUT2D eigenvalue weighted by Crippen LogP contribution is 2.19. The van der Waals surface area contributed by atoms with Crippen LogP contribution in [-0.4, -0.2) is 19.5 Å². The van der Waals surface area contributed by atoms with Crippen LogP contribution in [0.4, 0.5) is 5.69 Å². The standard InChI is InChI=1S/C17H16N6/c1-12-7-16(15(8-18)13(2)22-12)20-9-14-3-4-17(21-10-14)23-6-5-19-11-23/h3-7,10-11H,9H2,1-2H3,(H,20,22). The number of anilines is 1. The number of nitrogens with one attached hydrogen (secondary N) is 1. The number of nitrogens with zero attached hydrogens (tertiary/aromatic N) is 5. The lowest BCUT2D eigenvalue weighted by molar-refractivity contribution is 0.977. The zero-order valence-corrected chi connectivity index (χ0v) is 13.0. The maximum Gasteiger partial charge on any atom is 0.137 e. The van der Waals surface area contributed by atoms with Crippen LogP contribution in [0.5, 0.6) is 0 Å². The van der Waals surface area contributed by atoms with Gasteiger partial charge in [0.1, 0.15) is 18.2 Å². The molecule has 23 heavy (non-hydrogen) atoms. The molecule has 0 aliphatic rings. The highest BCUT2D eigenvalue weighted by Gasteiger charge is 2.08. The molecule has 3 aromatic rings. The molecule has 0 atom stereocenters. The first-order chi connectivity index (χ1) is 11.2. The first-order valence-electron chi connectivity index (χ1n) is 7.23. The van der Waals surface area contributed by atoms with E-state index in [2.05, 4.69) is 26.3 Å². The summed E-state index contributed by atoms with van der Waals surface area (Å²) in [6.45, 7) is 4.35. The van der Waals surface area contributed by atoms with Crippen LogP contribution >= 0.6 is 0 Å². The first kappa shape index (κ1) is 14.7. The lowest BCUT2D eigenvalue weighted by Crippen LogP contribution is -2.05. The van der Waals surface area contributed by atoms with Crippen LogP contribution < -0.4 is 5.32 Å². The molecule has 0 bridgehead atoms. The van der Waals surface area contributed by atoms with Gasteiger partial charge in [0, 0.05) is 30.8 Å². The van der Waals surface area contributed by atoms with E-state index in [1.165, 1.54) is 0 Å². The molecule has 6 nitrogen and oxygen atoms in total. The Hall–Kier alpha value is -3.20. The minimum absolute atomic E-state index is 0.582. The molecule has 3 aromatic heterocycles. The van der Waals surface area contributed by atoms with Gasteiger partial charge in [-0.05, 0) is 31.5 Å². The van der Waals surface area contributed by atoms with Crippen LogP contribution in [0.25, 0.3) is 5.82 Å². The van der Waals surface area contributed by atoms with Gasteiger partial charge in [-0.1, -0.05) is 6.07 Å². The lowest BCUT2D eigenvalue weighted by atomic mass is 10.1. The molecule has 3 rings (SSSR count). The molecule has 114 valence electrons. The van der Waals surface area contributed by atoms with Crippen molar-refractivity contribution < 1.29 is 0 Å². The second-order valence-electron chi connectivity index (χ2n) is 5.23. The zero-order valence-electron chi connectivity index (χ0n) is 13.0. The van der Waals surface area contributed by atoms with Crippen molar-refractivity contribution in [3.63, 3.8) is 0 Å². The van der Waals surface area contributed by atoms with Crippen molar-refractivity contribution in [2.75, 3.05) is 5.32 Å². The van der Waals surface area contributed by atoms with E-state index in [1.807, 2.05) is 49.0 Å². The summed E-state index contributed by atoms with van der Waals surface area (Å²) in [7, 11) is 0. The quantitative estimate of drug-likeness (QED) is 0.801. The Morgan fingerprint density at radius 3 is 2.83 bits per heavy atom. The third kappa shape index (κ3) is 3.19. The zero-order chi connectivity index (χ0) is 16.2. The molecule has 6 heteroatoms. The predicted molar refractivity (Wildman–Crippen MR) is 87.1 cm³/mol. The summed E-state index contributed by atoms with van der Waals surface area (Å²) in [5.74, 6) is 0.819. The van der Waals surface area contributed by atoms with E-state index < -0.39 is 0 Å². The van der Waals surface area contributed by atoms with Crippen molar-refractivity contribution >= 4 is 5.69 Å². The van der Waals surface area contributed by atoms with E-state index >= 15 is 0 Å². The molecule has 0 radical (unpaired) electrons. The molecular formula is C17H16N6. The SMILES string of the molecule is Cc1cc(NCc2ccc(-n3ccnc3)nc2)c(C#N)c(C)n1. The van der Waals surface area contributed by atoms with Crippen LogP contribution in [-0.2, 0) is 6.54 Å². The van der Waals surface area contributed by atoms with Crippen LogP contribution in [0.1, 0.15) is 22.5 Å². The van der Waals surface area contributed by atoms with Crippen molar-refractivity contribution in [3.8, 4) is 11.9 Å². The van der Waals surface area contributed by atoms with Gasteiger partial charge in [-0.3, -0.25) is 9.55 Å². The maximum atomic E-state index is 9.28. The van der Waals surface area contributed by atoms with Crippen molar-refractivity contribution in [3.05, 3.63) is 65.6 Å². The predicted octanol–water partition coefficient (Wildman–Crippen LogP) is 2.76. The number of imidazole rings is 1. The normalized spacial score (nSPS) is 10.3. The van der Waals surface area contributed by atoms with Gasteiger partial charge in [-0.15, -0.1) is 0 Å². The highest BCUT2D eigenvalue weighted by atomic mass is 15.1. The summed E-state index contributed by atoms with van der Waals surface area (Å²) in [5.41, 5.74) is 4.04. The number of hydrogen-bond donors (Lipinski definition) is 1. The number of pyridine rings is 2.